The first-order valence-corrected chi connectivity index (χ1v) is 4.04. The quantitative estimate of drug-likeness (QED) is 0.578. The molecule has 0 saturated carbocycles. The standard InChI is InChI=1S/C6H10BrNO/c1-5-8-6(2,3-7)4-9-5/h3-4H2,1-2H3. The number of aliphatic imine (C=N–C) groups is 1. The van der Waals surface area contributed by atoms with Crippen LogP contribution < -0.4 is 0 Å². The summed E-state index contributed by atoms with van der Waals surface area (Å²) in [4.78, 5) is 4.29. The van der Waals surface area contributed by atoms with Crippen molar-refractivity contribution in [2.75, 3.05) is 11.9 Å². The molecule has 1 heterocycles. The fourth-order valence-electron chi connectivity index (χ4n) is 0.773. The summed E-state index contributed by atoms with van der Waals surface area (Å²) in [6.45, 7) is 4.66. The topological polar surface area (TPSA) is 21.6 Å². The second-order valence-corrected chi connectivity index (χ2v) is 3.11. The molecule has 0 aromatic heterocycles. The Kier molecular flexibility index (Phi) is 1.80. The minimum Gasteiger partial charge on any atom is -0.479 e. The molecule has 9 heavy (non-hydrogen) atoms. The lowest BCUT2D eigenvalue weighted by atomic mass is 10.1. The van der Waals surface area contributed by atoms with E-state index in [1.807, 2.05) is 6.92 Å². The van der Waals surface area contributed by atoms with Gasteiger partial charge in [-0.05, 0) is 6.92 Å². The van der Waals surface area contributed by atoms with Gasteiger partial charge in [0.05, 0.1) is 0 Å². The molecule has 0 amide bonds. The van der Waals surface area contributed by atoms with Gasteiger partial charge in [-0.1, -0.05) is 15.9 Å². The van der Waals surface area contributed by atoms with Crippen molar-refractivity contribution in [2.24, 2.45) is 4.99 Å². The van der Waals surface area contributed by atoms with Gasteiger partial charge in [0, 0.05) is 12.3 Å². The van der Waals surface area contributed by atoms with Gasteiger partial charge in [0.2, 0.25) is 0 Å². The predicted molar refractivity (Wildman–Crippen MR) is 41.3 cm³/mol. The first kappa shape index (κ1) is 7.06. The van der Waals surface area contributed by atoms with Crippen LogP contribution in [0.2, 0.25) is 0 Å². The molecule has 0 aromatic rings. The van der Waals surface area contributed by atoms with Crippen LogP contribution >= 0.6 is 15.9 Å². The number of nitrogens with zero attached hydrogens (tertiary/aromatic N) is 1. The monoisotopic (exact) mass is 191 g/mol. The molecule has 0 fully saturated rings. The van der Waals surface area contributed by atoms with Gasteiger partial charge in [-0.25, -0.2) is 4.99 Å². The molecule has 1 unspecified atom stereocenters. The summed E-state index contributed by atoms with van der Waals surface area (Å²) in [5.41, 5.74) is -0.00984. The number of rotatable bonds is 1. The van der Waals surface area contributed by atoms with Crippen molar-refractivity contribution in [3.05, 3.63) is 0 Å². The number of halogens is 1. The van der Waals surface area contributed by atoms with Crippen molar-refractivity contribution < 1.29 is 4.74 Å². The molecular formula is C6H10BrNO. The maximum Gasteiger partial charge on any atom is 0.180 e. The van der Waals surface area contributed by atoms with E-state index in [9.17, 15) is 0 Å². The van der Waals surface area contributed by atoms with Crippen LogP contribution in [0, 0.1) is 0 Å². The number of alkyl halides is 1. The fraction of sp³-hybridized carbons (Fsp3) is 0.833. The molecule has 0 aliphatic carbocycles. The Morgan fingerprint density at radius 3 is 2.78 bits per heavy atom. The fourth-order valence-corrected chi connectivity index (χ4v) is 1.06. The highest BCUT2D eigenvalue weighted by Gasteiger charge is 2.28. The molecule has 1 rings (SSSR count). The lowest BCUT2D eigenvalue weighted by Gasteiger charge is -2.12. The molecule has 1 aliphatic heterocycles. The first-order valence-electron chi connectivity index (χ1n) is 2.91. The molecular weight excluding hydrogens is 182 g/mol. The molecule has 0 bridgehead atoms. The van der Waals surface area contributed by atoms with Crippen LogP contribution in [-0.4, -0.2) is 23.4 Å². The Balaban J connectivity index is 2.64. The minimum absolute atomic E-state index is 0.00984. The van der Waals surface area contributed by atoms with E-state index in [-0.39, 0.29) is 5.54 Å². The van der Waals surface area contributed by atoms with Crippen molar-refractivity contribution in [1.29, 1.82) is 0 Å². The molecule has 0 radical (unpaired) electrons. The summed E-state index contributed by atoms with van der Waals surface area (Å²) in [6.07, 6.45) is 0. The van der Waals surface area contributed by atoms with E-state index >= 15 is 0 Å². The maximum atomic E-state index is 5.18. The zero-order chi connectivity index (χ0) is 6.91. The smallest absolute Gasteiger partial charge is 0.180 e. The Morgan fingerprint density at radius 2 is 2.56 bits per heavy atom. The average molecular weight is 192 g/mol. The van der Waals surface area contributed by atoms with Gasteiger partial charge < -0.3 is 4.74 Å². The number of hydrogen-bond donors (Lipinski definition) is 0. The zero-order valence-corrected chi connectivity index (χ0v) is 7.23. The summed E-state index contributed by atoms with van der Waals surface area (Å²) >= 11 is 3.37. The van der Waals surface area contributed by atoms with Crippen molar-refractivity contribution in [1.82, 2.24) is 0 Å². The molecule has 1 aliphatic rings. The molecule has 3 heteroatoms. The molecule has 52 valence electrons. The Bertz CT molecular complexity index is 146. The second kappa shape index (κ2) is 2.29. The molecule has 0 spiro atoms. The third kappa shape index (κ3) is 1.45. The highest BCUT2D eigenvalue weighted by molar-refractivity contribution is 9.09. The van der Waals surface area contributed by atoms with E-state index in [2.05, 4.69) is 27.8 Å². The van der Waals surface area contributed by atoms with Gasteiger partial charge >= 0.3 is 0 Å². The minimum atomic E-state index is -0.00984. The average Bonchev–Trinajstić information content (AvgIpc) is 2.13. The van der Waals surface area contributed by atoms with Crippen molar-refractivity contribution in [3.63, 3.8) is 0 Å². The van der Waals surface area contributed by atoms with Gasteiger partial charge in [-0.3, -0.25) is 0 Å². The van der Waals surface area contributed by atoms with Gasteiger partial charge in [-0.2, -0.15) is 0 Å². The SMILES string of the molecule is CC1=NC(C)(CBr)CO1. The third-order valence-electron chi connectivity index (χ3n) is 1.31. The molecule has 1 atom stereocenters. The molecule has 0 saturated heterocycles. The third-order valence-corrected chi connectivity index (χ3v) is 2.52. The lowest BCUT2D eigenvalue weighted by Crippen LogP contribution is -2.25. The van der Waals surface area contributed by atoms with Crippen LogP contribution in [0.3, 0.4) is 0 Å². The van der Waals surface area contributed by atoms with E-state index < -0.39 is 0 Å². The Labute approximate surface area is 63.4 Å². The van der Waals surface area contributed by atoms with Crippen LogP contribution in [-0.2, 0) is 4.74 Å². The van der Waals surface area contributed by atoms with Gasteiger partial charge in [0.1, 0.15) is 12.1 Å². The summed E-state index contributed by atoms with van der Waals surface area (Å²) in [5.74, 6) is 0.803. The van der Waals surface area contributed by atoms with Gasteiger partial charge in [0.15, 0.2) is 5.90 Å². The summed E-state index contributed by atoms with van der Waals surface area (Å²) in [6, 6.07) is 0. The van der Waals surface area contributed by atoms with Crippen molar-refractivity contribution in [3.8, 4) is 0 Å². The van der Waals surface area contributed by atoms with E-state index in [0.717, 1.165) is 11.2 Å². The number of ether oxygens (including phenoxy) is 1. The van der Waals surface area contributed by atoms with Crippen LogP contribution in [0.25, 0.3) is 0 Å². The summed E-state index contributed by atoms with van der Waals surface area (Å²) in [5, 5.41) is 0.872. The normalized spacial score (nSPS) is 33.9. The summed E-state index contributed by atoms with van der Waals surface area (Å²) in [7, 11) is 0. The van der Waals surface area contributed by atoms with E-state index in [1.54, 1.807) is 0 Å². The molecule has 0 N–H and O–H groups in total. The highest BCUT2D eigenvalue weighted by atomic mass is 79.9. The largest absolute Gasteiger partial charge is 0.479 e. The van der Waals surface area contributed by atoms with Gasteiger partial charge in [-0.15, -0.1) is 0 Å². The van der Waals surface area contributed by atoms with Crippen LogP contribution in [0.15, 0.2) is 4.99 Å². The lowest BCUT2D eigenvalue weighted by molar-refractivity contribution is 0.281. The number of hydrogen-bond acceptors (Lipinski definition) is 2. The van der Waals surface area contributed by atoms with Crippen molar-refractivity contribution >= 4 is 21.8 Å². The van der Waals surface area contributed by atoms with Crippen molar-refractivity contribution in [2.45, 2.75) is 19.4 Å². The molecule has 2 nitrogen and oxygen atoms in total. The van der Waals surface area contributed by atoms with E-state index in [1.165, 1.54) is 0 Å². The molecule has 0 aromatic carbocycles. The van der Waals surface area contributed by atoms with Gasteiger partial charge in [0.25, 0.3) is 0 Å². The van der Waals surface area contributed by atoms with E-state index in [0.29, 0.717) is 6.61 Å². The van der Waals surface area contributed by atoms with Crippen LogP contribution in [0.5, 0.6) is 0 Å². The maximum absolute atomic E-state index is 5.18. The zero-order valence-electron chi connectivity index (χ0n) is 5.65. The predicted octanol–water partition coefficient (Wildman–Crippen LogP) is 1.59. The second-order valence-electron chi connectivity index (χ2n) is 2.55. The Hall–Kier alpha value is -0.0500. The van der Waals surface area contributed by atoms with E-state index in [4.69, 9.17) is 4.74 Å². The Morgan fingerprint density at radius 1 is 1.89 bits per heavy atom. The highest BCUT2D eigenvalue weighted by Crippen LogP contribution is 2.19. The first-order chi connectivity index (χ1) is 4.16. The summed E-state index contributed by atoms with van der Waals surface area (Å²) < 4.78 is 5.18. The van der Waals surface area contributed by atoms with Crippen LogP contribution in [0.4, 0.5) is 0 Å². The van der Waals surface area contributed by atoms with Crippen LogP contribution in [0.1, 0.15) is 13.8 Å².